The van der Waals surface area contributed by atoms with Crippen molar-refractivity contribution in [2.75, 3.05) is 33.4 Å². The van der Waals surface area contributed by atoms with E-state index in [1.165, 1.54) is 88.4 Å². The van der Waals surface area contributed by atoms with Crippen molar-refractivity contribution >= 4 is 98.6 Å². The van der Waals surface area contributed by atoms with Gasteiger partial charge in [-0.25, -0.2) is 35.6 Å². The number of halogens is 2. The number of aryl methyl sites for hydroxylation is 1. The van der Waals surface area contributed by atoms with E-state index < -0.39 is 79.2 Å². The summed E-state index contributed by atoms with van der Waals surface area (Å²) in [6, 6.07) is 34.6. The van der Waals surface area contributed by atoms with Crippen molar-refractivity contribution in [3.05, 3.63) is 223 Å². The fourth-order valence-corrected chi connectivity index (χ4v) is 13.2. The summed E-state index contributed by atoms with van der Waals surface area (Å²) >= 11 is 0. The van der Waals surface area contributed by atoms with Crippen LogP contribution in [-0.2, 0) is 48.5 Å². The first-order valence-corrected chi connectivity index (χ1v) is 37.7. The lowest BCUT2D eigenvalue weighted by molar-refractivity contribution is -0.384. The molecule has 12 rings (SSSR count). The number of nitro benzene ring substituents is 1. The van der Waals surface area contributed by atoms with Crippen LogP contribution in [0.25, 0.3) is 28.5 Å². The smallest absolute Gasteiger partial charge is 0.296 e. The largest absolute Gasteiger partial charge is 0.489 e. The lowest BCUT2D eigenvalue weighted by atomic mass is 9.87. The van der Waals surface area contributed by atoms with Gasteiger partial charge in [0.1, 0.15) is 24.0 Å². The standard InChI is InChI=1S/C71H70F2N18O12S3/c1-39-13-30-56(57(31-39)91(94)95)88-68(93)51(62(103-88)71(8,9)10)38-102-49-25-23-45(24-26-49)74-67(92)44-33-41(32-40-14-29-54(53(73)35-40)77-79-58-60(69(2,3)4)81-89-65(58)75-63(83-89)42-15-19-46(20-16-42)85-104(11,96)97)34-48(36-44)87-106(100,101)50-27-28-52(72)55(37-50)78-80-59-61(70(5,6)7)82-90-66(59)76-64(84-90)43-17-21-47(22-18-43)86-105(12,98)99/h13-31,33-37,77-78,87H,32,38H2,1-12H3,(H,74,92)(H,85,96,97)(H,86,98,99). The van der Waals surface area contributed by atoms with Crippen LogP contribution in [-0.4, -0.2) is 107 Å². The molecule has 0 fully saturated rings. The molecule has 0 spiro atoms. The minimum absolute atomic E-state index is 0.0446. The molecule has 6 N–H and O–H groups in total. The maximum absolute atomic E-state index is 16.5. The third kappa shape index (κ3) is 16.6. The second kappa shape index (κ2) is 28.0. The Morgan fingerprint density at radius 2 is 1.20 bits per heavy atom. The summed E-state index contributed by atoms with van der Waals surface area (Å²) in [5.41, 5.74) is 6.46. The lowest BCUT2D eigenvalue weighted by Gasteiger charge is -2.18. The number of carbonyl (C=O) groups is 1. The molecule has 548 valence electrons. The maximum Gasteiger partial charge on any atom is 0.296 e. The molecule has 1 amide bonds. The van der Waals surface area contributed by atoms with E-state index in [1.807, 2.05) is 62.3 Å². The number of hydrogen-bond donors (Lipinski definition) is 6. The normalized spacial score (nSPS) is 14.9. The number of amides is 1. The molecule has 106 heavy (non-hydrogen) atoms. The molecule has 2 aliphatic rings. The van der Waals surface area contributed by atoms with Crippen molar-refractivity contribution < 1.29 is 53.7 Å². The minimum Gasteiger partial charge on any atom is -0.489 e. The maximum atomic E-state index is 16.5. The number of aromatic nitrogens is 7. The number of hydrogen-bond acceptors (Lipinski definition) is 22. The van der Waals surface area contributed by atoms with Crippen LogP contribution >= 0.6 is 0 Å². The van der Waals surface area contributed by atoms with Gasteiger partial charge in [0.25, 0.3) is 27.2 Å². The first-order chi connectivity index (χ1) is 49.7. The van der Waals surface area contributed by atoms with Crippen LogP contribution in [0.4, 0.5) is 48.6 Å². The zero-order chi connectivity index (χ0) is 76.3. The van der Waals surface area contributed by atoms with Crippen LogP contribution < -0.4 is 31.2 Å². The number of sulfonamides is 1. The van der Waals surface area contributed by atoms with Gasteiger partial charge >= 0.3 is 0 Å². The first kappa shape index (κ1) is 73.9. The Kier molecular flexibility index (Phi) is 19.5. The number of nitro groups is 1. The van der Waals surface area contributed by atoms with Crippen molar-refractivity contribution in [3.8, 4) is 34.2 Å². The SMILES string of the molecule is Cc1ccc(-n2oc(C(C)(C)C)c(COc3ccc(NC(=O)c4cc(Cc5ccc(NN=C6C(C(C)(C)C)=Nn7nc(-c8ccc(N=S(C)(=O)O)cc8)nc76)c(F)c5)cc(NS(=O)(=O)c5ccc(F)c(NN=C6C(C(C)(C)C)=Nn7nc(-c8ccc(N=S(C)(=O)O)cc8)nc76)c5)c4)cc3)c2=O)c([N+](=O)[O-])c1. The predicted octanol–water partition coefficient (Wildman–Crippen LogP) is 13.5. The number of ether oxygens (including phenoxy) is 1. The number of nitrogens with one attached hydrogen (secondary N) is 4. The van der Waals surface area contributed by atoms with E-state index in [0.29, 0.717) is 39.2 Å². The second-order valence-electron chi connectivity index (χ2n) is 28.1. The van der Waals surface area contributed by atoms with Gasteiger partial charge in [-0.3, -0.25) is 35.3 Å². The Morgan fingerprint density at radius 1 is 0.642 bits per heavy atom. The van der Waals surface area contributed by atoms with Gasteiger partial charge in [-0.1, -0.05) is 74.4 Å². The van der Waals surface area contributed by atoms with E-state index >= 15 is 8.78 Å². The minimum atomic E-state index is -4.66. The Hall–Kier alpha value is -11.8. The van der Waals surface area contributed by atoms with Gasteiger partial charge < -0.3 is 23.7 Å². The quantitative estimate of drug-likeness (QED) is 0.0305. The van der Waals surface area contributed by atoms with Gasteiger partial charge in [0.15, 0.2) is 54.5 Å². The molecule has 2 atom stereocenters. The van der Waals surface area contributed by atoms with Gasteiger partial charge in [0.2, 0.25) is 11.6 Å². The number of carbonyl (C=O) groups excluding carboxylic acids is 1. The summed E-state index contributed by atoms with van der Waals surface area (Å²) in [5, 5.41) is 42.3. The molecule has 7 aromatic carbocycles. The Morgan fingerprint density at radius 3 is 1.72 bits per heavy atom. The fraction of sp³-hybridized carbons (Fsp3) is 0.239. The van der Waals surface area contributed by atoms with Crippen LogP contribution in [0.15, 0.2) is 189 Å². The Labute approximate surface area is 606 Å². The predicted molar refractivity (Wildman–Crippen MR) is 399 cm³/mol. The number of rotatable bonds is 20. The molecule has 0 radical (unpaired) electrons. The second-order valence-corrected chi connectivity index (χ2v) is 33.2. The van der Waals surface area contributed by atoms with Crippen LogP contribution in [0.5, 0.6) is 5.75 Å². The molecular weight excluding hydrogens is 1430 g/mol. The molecule has 0 aliphatic carbocycles. The Bertz CT molecular complexity index is 5810. The zero-order valence-corrected chi connectivity index (χ0v) is 61.4. The summed E-state index contributed by atoms with van der Waals surface area (Å²) in [6.07, 6.45) is 2.11. The fourth-order valence-electron chi connectivity index (χ4n) is 11.1. The average molecular weight is 1500 g/mol. The van der Waals surface area contributed by atoms with Crippen molar-refractivity contribution in [2.24, 2.45) is 40.0 Å². The lowest BCUT2D eigenvalue weighted by Crippen LogP contribution is -2.28. The summed E-state index contributed by atoms with van der Waals surface area (Å²) in [5.74, 6) is -0.943. The van der Waals surface area contributed by atoms with E-state index in [2.05, 4.69) is 65.2 Å². The average Bonchev–Trinajstić information content (AvgIpc) is 1.61. The first-order valence-electron chi connectivity index (χ1n) is 32.4. The molecule has 0 saturated carbocycles. The number of nitrogens with zero attached hydrogens (tertiary/aromatic N) is 14. The van der Waals surface area contributed by atoms with Gasteiger partial charge in [-0.15, -0.1) is 24.5 Å². The van der Waals surface area contributed by atoms with Crippen LogP contribution in [0.3, 0.4) is 0 Å². The monoisotopic (exact) mass is 1500 g/mol. The summed E-state index contributed by atoms with van der Waals surface area (Å²) < 4.78 is 128. The van der Waals surface area contributed by atoms with Crippen LogP contribution in [0, 0.1) is 39.5 Å². The molecule has 35 heteroatoms. The number of anilines is 4. The van der Waals surface area contributed by atoms with Crippen molar-refractivity contribution in [3.63, 3.8) is 0 Å². The number of hydrazone groups is 2. The summed E-state index contributed by atoms with van der Waals surface area (Å²) in [7, 11) is -11.5. The molecule has 5 heterocycles. The molecule has 10 aromatic rings. The van der Waals surface area contributed by atoms with Crippen LogP contribution in [0.2, 0.25) is 0 Å². The highest BCUT2D eigenvalue weighted by Gasteiger charge is 2.38. The summed E-state index contributed by atoms with van der Waals surface area (Å²) in [6.45, 7) is 18.2. The van der Waals surface area contributed by atoms with Crippen molar-refractivity contribution in [1.29, 1.82) is 0 Å². The molecule has 2 aliphatic heterocycles. The highest BCUT2D eigenvalue weighted by Crippen LogP contribution is 2.35. The van der Waals surface area contributed by atoms with Crippen molar-refractivity contribution in [2.45, 2.75) is 92.6 Å². The molecule has 3 aromatic heterocycles. The highest BCUT2D eigenvalue weighted by atomic mass is 32.2. The van der Waals surface area contributed by atoms with Gasteiger partial charge in [0.05, 0.1) is 49.6 Å². The summed E-state index contributed by atoms with van der Waals surface area (Å²) in [4.78, 5) is 51.4. The third-order valence-electron chi connectivity index (χ3n) is 16.1. The van der Waals surface area contributed by atoms with Gasteiger partial charge in [-0.2, -0.15) is 29.1 Å². The van der Waals surface area contributed by atoms with Gasteiger partial charge in [-0.05, 0) is 157 Å². The molecule has 2 unspecified atom stereocenters. The van der Waals surface area contributed by atoms with E-state index in [4.69, 9.17) is 14.2 Å². The molecular formula is C71H70F2N18O12S3. The van der Waals surface area contributed by atoms with E-state index in [1.54, 1.807) is 55.5 Å². The topological polar surface area (TPSA) is 397 Å². The van der Waals surface area contributed by atoms with Crippen molar-refractivity contribution in [1.82, 2.24) is 34.5 Å². The zero-order valence-electron chi connectivity index (χ0n) is 59.0. The molecule has 0 bridgehead atoms. The molecule has 0 saturated heterocycles. The van der Waals surface area contributed by atoms with E-state index in [9.17, 15) is 45.6 Å². The number of fused-ring (bicyclic) bond motifs is 2. The highest BCUT2D eigenvalue weighted by molar-refractivity contribution is 7.92. The van der Waals surface area contributed by atoms with E-state index in [0.717, 1.165) is 35.5 Å². The third-order valence-corrected chi connectivity index (χ3v) is 18.5. The van der Waals surface area contributed by atoms with Crippen LogP contribution in [0.1, 0.15) is 112 Å². The van der Waals surface area contributed by atoms with E-state index in [-0.39, 0.29) is 116 Å². The molecule has 30 nitrogen and oxygen atoms in total. The number of benzene rings is 7. The van der Waals surface area contributed by atoms with Gasteiger partial charge in [0, 0.05) is 62.9 Å². The Balaban J connectivity index is 0.817.